The number of halogens is 1. The van der Waals surface area contributed by atoms with Gasteiger partial charge in [0.25, 0.3) is 0 Å². The van der Waals surface area contributed by atoms with Crippen molar-refractivity contribution in [2.24, 2.45) is 0 Å². The number of rotatable bonds is 5. The number of ether oxygens (including phenoxy) is 2. The lowest BCUT2D eigenvalue weighted by Crippen LogP contribution is -2.09. The van der Waals surface area contributed by atoms with Gasteiger partial charge in [0.15, 0.2) is 11.6 Å². The zero-order chi connectivity index (χ0) is 18.6. The van der Waals surface area contributed by atoms with Crippen molar-refractivity contribution in [2.75, 3.05) is 0 Å². The molecular formula is C20H17FO4. The molecule has 0 aliphatic heterocycles. The van der Waals surface area contributed by atoms with Gasteiger partial charge in [0, 0.05) is 11.1 Å². The van der Waals surface area contributed by atoms with Crippen LogP contribution < -0.4 is 9.47 Å². The highest BCUT2D eigenvalue weighted by Gasteiger charge is 2.12. The second-order valence-electron chi connectivity index (χ2n) is 5.51. The minimum absolute atomic E-state index is 0.176. The standard InChI is InChI=1S/C20H17FO4/c1-12(2)19(22)24-16-7-5-6-14(10-16)15-8-9-18(17(21)11-15)25-20(23)13(3)4/h5-11H,1,3H2,2,4H3. The topological polar surface area (TPSA) is 52.6 Å². The Kier molecular flexibility index (Phi) is 5.49. The number of carbonyl (C=O) groups excluding carboxylic acids is 2. The summed E-state index contributed by atoms with van der Waals surface area (Å²) in [6, 6.07) is 10.8. The van der Waals surface area contributed by atoms with Crippen molar-refractivity contribution in [3.8, 4) is 22.6 Å². The van der Waals surface area contributed by atoms with Crippen LogP contribution in [0.15, 0.2) is 66.8 Å². The van der Waals surface area contributed by atoms with Crippen molar-refractivity contribution in [1.29, 1.82) is 0 Å². The molecule has 2 rings (SSSR count). The molecule has 0 aliphatic rings. The van der Waals surface area contributed by atoms with Crippen molar-refractivity contribution in [1.82, 2.24) is 0 Å². The first-order valence-electron chi connectivity index (χ1n) is 7.43. The lowest BCUT2D eigenvalue weighted by molar-refractivity contribution is -0.131. The molecule has 0 aromatic heterocycles. The van der Waals surface area contributed by atoms with E-state index >= 15 is 0 Å². The quantitative estimate of drug-likeness (QED) is 0.458. The fourth-order valence-electron chi connectivity index (χ4n) is 1.88. The zero-order valence-corrected chi connectivity index (χ0v) is 14.0. The molecule has 0 saturated heterocycles. The first-order chi connectivity index (χ1) is 11.8. The summed E-state index contributed by atoms with van der Waals surface area (Å²) in [6.07, 6.45) is 0. The van der Waals surface area contributed by atoms with Crippen LogP contribution in [0.3, 0.4) is 0 Å². The molecule has 2 aromatic carbocycles. The largest absolute Gasteiger partial charge is 0.423 e. The average Bonchev–Trinajstić information content (AvgIpc) is 2.56. The van der Waals surface area contributed by atoms with Crippen LogP contribution in [0.1, 0.15) is 13.8 Å². The molecule has 0 unspecified atom stereocenters. The van der Waals surface area contributed by atoms with Gasteiger partial charge in [-0.15, -0.1) is 0 Å². The predicted molar refractivity (Wildman–Crippen MR) is 92.7 cm³/mol. The van der Waals surface area contributed by atoms with Crippen LogP contribution in [0.5, 0.6) is 11.5 Å². The summed E-state index contributed by atoms with van der Waals surface area (Å²) in [5.41, 5.74) is 1.64. The second kappa shape index (κ2) is 7.57. The van der Waals surface area contributed by atoms with Gasteiger partial charge in [0.05, 0.1) is 0 Å². The summed E-state index contributed by atoms with van der Waals surface area (Å²) in [6.45, 7) is 9.99. The highest BCUT2D eigenvalue weighted by atomic mass is 19.1. The van der Waals surface area contributed by atoms with Crippen molar-refractivity contribution < 1.29 is 23.5 Å². The number of benzene rings is 2. The van der Waals surface area contributed by atoms with Gasteiger partial charge in [-0.25, -0.2) is 14.0 Å². The molecule has 0 bridgehead atoms. The number of carbonyl (C=O) groups is 2. The molecule has 5 heteroatoms. The Morgan fingerprint density at radius 2 is 1.48 bits per heavy atom. The highest BCUT2D eigenvalue weighted by Crippen LogP contribution is 2.28. The van der Waals surface area contributed by atoms with E-state index in [1.165, 1.54) is 19.1 Å². The van der Waals surface area contributed by atoms with Gasteiger partial charge in [-0.3, -0.25) is 0 Å². The molecule has 0 radical (unpaired) electrons. The fourth-order valence-corrected chi connectivity index (χ4v) is 1.88. The molecule has 2 aromatic rings. The van der Waals surface area contributed by atoms with E-state index in [1.807, 2.05) is 0 Å². The van der Waals surface area contributed by atoms with E-state index in [2.05, 4.69) is 13.2 Å². The summed E-state index contributed by atoms with van der Waals surface area (Å²) in [4.78, 5) is 23.1. The van der Waals surface area contributed by atoms with Crippen molar-refractivity contribution in [3.63, 3.8) is 0 Å². The second-order valence-corrected chi connectivity index (χ2v) is 5.51. The molecule has 0 spiro atoms. The minimum Gasteiger partial charge on any atom is -0.423 e. The lowest BCUT2D eigenvalue weighted by atomic mass is 10.1. The number of hydrogen-bond acceptors (Lipinski definition) is 4. The van der Waals surface area contributed by atoms with E-state index in [0.29, 0.717) is 16.9 Å². The highest BCUT2D eigenvalue weighted by molar-refractivity contribution is 5.89. The van der Waals surface area contributed by atoms with Gasteiger partial charge in [-0.05, 0) is 49.2 Å². The summed E-state index contributed by atoms with van der Waals surface area (Å²) >= 11 is 0. The monoisotopic (exact) mass is 340 g/mol. The van der Waals surface area contributed by atoms with Gasteiger partial charge in [0.1, 0.15) is 5.75 Å². The Balaban J connectivity index is 2.26. The molecule has 0 N–H and O–H groups in total. The average molecular weight is 340 g/mol. The Labute approximate surface area is 145 Å². The zero-order valence-electron chi connectivity index (χ0n) is 14.0. The maximum absolute atomic E-state index is 14.2. The lowest BCUT2D eigenvalue weighted by Gasteiger charge is -2.09. The summed E-state index contributed by atoms with van der Waals surface area (Å²) in [5, 5.41) is 0. The summed E-state index contributed by atoms with van der Waals surface area (Å²) in [5.74, 6) is -1.77. The van der Waals surface area contributed by atoms with Crippen molar-refractivity contribution in [3.05, 3.63) is 72.6 Å². The van der Waals surface area contributed by atoms with E-state index < -0.39 is 17.8 Å². The molecule has 0 atom stereocenters. The fraction of sp³-hybridized carbons (Fsp3) is 0.100. The molecular weight excluding hydrogens is 323 g/mol. The maximum atomic E-state index is 14.2. The van der Waals surface area contributed by atoms with Crippen LogP contribution in [0.25, 0.3) is 11.1 Å². The Bertz CT molecular complexity index is 868. The van der Waals surface area contributed by atoms with Crippen LogP contribution in [0.4, 0.5) is 4.39 Å². The predicted octanol–water partition coefficient (Wildman–Crippen LogP) is 4.46. The molecule has 0 fully saturated rings. The maximum Gasteiger partial charge on any atom is 0.338 e. The van der Waals surface area contributed by atoms with E-state index in [0.717, 1.165) is 0 Å². The summed E-state index contributed by atoms with van der Waals surface area (Å²) < 4.78 is 24.2. The van der Waals surface area contributed by atoms with Gasteiger partial charge in [0.2, 0.25) is 0 Å². The van der Waals surface area contributed by atoms with Gasteiger partial charge in [-0.2, -0.15) is 0 Å². The number of hydrogen-bond donors (Lipinski definition) is 0. The normalized spacial score (nSPS) is 10.0. The first-order valence-corrected chi connectivity index (χ1v) is 7.43. The first kappa shape index (κ1) is 18.1. The van der Waals surface area contributed by atoms with Crippen LogP contribution >= 0.6 is 0 Å². The smallest absolute Gasteiger partial charge is 0.338 e. The van der Waals surface area contributed by atoms with E-state index in [1.54, 1.807) is 37.3 Å². The van der Waals surface area contributed by atoms with Crippen LogP contribution in [-0.2, 0) is 9.59 Å². The molecule has 0 saturated carbocycles. The Hall–Kier alpha value is -3.21. The third kappa shape index (κ3) is 4.64. The van der Waals surface area contributed by atoms with Crippen LogP contribution in [0, 0.1) is 5.82 Å². The van der Waals surface area contributed by atoms with Crippen molar-refractivity contribution in [2.45, 2.75) is 13.8 Å². The van der Waals surface area contributed by atoms with Gasteiger partial charge >= 0.3 is 11.9 Å². The Morgan fingerprint density at radius 1 is 0.880 bits per heavy atom. The molecule has 4 nitrogen and oxygen atoms in total. The van der Waals surface area contributed by atoms with Crippen LogP contribution in [0.2, 0.25) is 0 Å². The third-order valence-corrected chi connectivity index (χ3v) is 3.21. The summed E-state index contributed by atoms with van der Waals surface area (Å²) in [7, 11) is 0. The SMILES string of the molecule is C=C(C)C(=O)Oc1cccc(-c2ccc(OC(=O)C(=C)C)c(F)c2)c1. The molecule has 0 amide bonds. The van der Waals surface area contributed by atoms with Crippen LogP contribution in [-0.4, -0.2) is 11.9 Å². The van der Waals surface area contributed by atoms with E-state index in [4.69, 9.17) is 9.47 Å². The number of esters is 2. The molecule has 0 heterocycles. The Morgan fingerprint density at radius 3 is 2.08 bits per heavy atom. The minimum atomic E-state index is -0.694. The third-order valence-electron chi connectivity index (χ3n) is 3.21. The van der Waals surface area contributed by atoms with E-state index in [-0.39, 0.29) is 16.9 Å². The van der Waals surface area contributed by atoms with E-state index in [9.17, 15) is 14.0 Å². The van der Waals surface area contributed by atoms with Gasteiger partial charge < -0.3 is 9.47 Å². The van der Waals surface area contributed by atoms with Crippen molar-refractivity contribution >= 4 is 11.9 Å². The molecule has 25 heavy (non-hydrogen) atoms. The molecule has 0 aliphatic carbocycles. The molecule has 128 valence electrons. The van der Waals surface area contributed by atoms with Gasteiger partial charge in [-0.1, -0.05) is 31.4 Å².